The third-order valence-corrected chi connectivity index (χ3v) is 4.79. The van der Waals surface area contributed by atoms with Crippen LogP contribution in [0, 0.1) is 17.8 Å². The number of carbonyl (C=O) groups is 3. The summed E-state index contributed by atoms with van der Waals surface area (Å²) in [5.41, 5.74) is 3.50. The van der Waals surface area contributed by atoms with Gasteiger partial charge in [0, 0.05) is 30.6 Å². The SMILES string of the molecule is C#Cc1ccc(CNC=O)cc1.CC(C)(CC(=O)O)C(NN)C(=O)N1CCC(O)C1. The molecule has 0 spiro atoms. The number of benzene rings is 1. The fraction of sp³-hybridized carbons (Fsp3) is 0.476. The van der Waals surface area contributed by atoms with Gasteiger partial charge < -0.3 is 20.4 Å². The highest BCUT2D eigenvalue weighted by Crippen LogP contribution is 2.27. The summed E-state index contributed by atoms with van der Waals surface area (Å²) in [5.74, 6) is 6.66. The van der Waals surface area contributed by atoms with E-state index in [1.54, 1.807) is 13.8 Å². The molecule has 1 aliphatic rings. The number of carboxylic acid groups (broad SMARTS) is 1. The summed E-state index contributed by atoms with van der Waals surface area (Å²) in [4.78, 5) is 34.5. The first-order valence-corrected chi connectivity index (χ1v) is 9.52. The van der Waals surface area contributed by atoms with Crippen LogP contribution in [0.5, 0.6) is 0 Å². The van der Waals surface area contributed by atoms with E-state index in [-0.39, 0.29) is 18.9 Å². The first-order valence-electron chi connectivity index (χ1n) is 9.52. The monoisotopic (exact) mass is 418 g/mol. The number of terminal acetylenes is 1. The molecule has 0 radical (unpaired) electrons. The van der Waals surface area contributed by atoms with Crippen LogP contribution in [0.1, 0.15) is 37.8 Å². The highest BCUT2D eigenvalue weighted by atomic mass is 16.4. The molecule has 1 heterocycles. The quantitative estimate of drug-likeness (QED) is 0.170. The molecule has 1 aromatic carbocycles. The van der Waals surface area contributed by atoms with Crippen LogP contribution in [0.2, 0.25) is 0 Å². The first-order chi connectivity index (χ1) is 14.1. The van der Waals surface area contributed by atoms with Crippen molar-refractivity contribution in [3.05, 3.63) is 35.4 Å². The number of aliphatic carboxylic acids is 1. The predicted octanol–water partition coefficient (Wildman–Crippen LogP) is -0.174. The number of nitrogens with zero attached hydrogens (tertiary/aromatic N) is 1. The van der Waals surface area contributed by atoms with Crippen LogP contribution in [-0.2, 0) is 20.9 Å². The minimum atomic E-state index is -0.977. The van der Waals surface area contributed by atoms with Crippen LogP contribution in [0.4, 0.5) is 0 Å². The van der Waals surface area contributed by atoms with Crippen LogP contribution in [0.15, 0.2) is 24.3 Å². The number of likely N-dealkylation sites (tertiary alicyclic amines) is 1. The zero-order chi connectivity index (χ0) is 22.7. The molecule has 164 valence electrons. The Kier molecular flexibility index (Phi) is 9.98. The number of hydrogen-bond acceptors (Lipinski definition) is 6. The van der Waals surface area contributed by atoms with Gasteiger partial charge in [0.25, 0.3) is 0 Å². The second-order valence-corrected chi connectivity index (χ2v) is 7.73. The molecule has 1 saturated heterocycles. The summed E-state index contributed by atoms with van der Waals surface area (Å²) in [5, 5.41) is 20.8. The van der Waals surface area contributed by atoms with Crippen molar-refractivity contribution in [2.24, 2.45) is 11.3 Å². The summed E-state index contributed by atoms with van der Waals surface area (Å²) >= 11 is 0. The molecule has 0 aromatic heterocycles. The summed E-state index contributed by atoms with van der Waals surface area (Å²) in [7, 11) is 0. The number of hydrogen-bond donors (Lipinski definition) is 5. The standard InChI is InChI=1S/C11H21N3O4.C10H9NO/c1-11(2,5-8(16)17)9(13-12)10(18)14-4-3-7(15)6-14;1-2-9-3-5-10(6-4-9)7-11-8-12/h7,9,13,15H,3-6,12H2,1-2H3,(H,16,17);1,3-6,8H,7H2,(H,11,12). The van der Waals surface area contributed by atoms with Gasteiger partial charge in [-0.2, -0.15) is 0 Å². The number of carbonyl (C=O) groups excluding carboxylic acids is 2. The third-order valence-electron chi connectivity index (χ3n) is 4.79. The number of aliphatic hydroxyl groups excluding tert-OH is 1. The largest absolute Gasteiger partial charge is 0.481 e. The molecule has 0 saturated carbocycles. The van der Waals surface area contributed by atoms with E-state index >= 15 is 0 Å². The van der Waals surface area contributed by atoms with E-state index in [1.807, 2.05) is 24.3 Å². The fourth-order valence-corrected chi connectivity index (χ4v) is 3.13. The number of nitrogens with two attached hydrogens (primary N) is 1. The Morgan fingerprint density at radius 1 is 1.40 bits per heavy atom. The van der Waals surface area contributed by atoms with Gasteiger partial charge in [-0.3, -0.25) is 20.2 Å². The molecule has 1 aromatic rings. The molecule has 2 atom stereocenters. The van der Waals surface area contributed by atoms with Crippen molar-refractivity contribution in [2.75, 3.05) is 13.1 Å². The van der Waals surface area contributed by atoms with Crippen LogP contribution in [0.25, 0.3) is 0 Å². The zero-order valence-corrected chi connectivity index (χ0v) is 17.3. The smallest absolute Gasteiger partial charge is 0.303 e. The zero-order valence-electron chi connectivity index (χ0n) is 17.3. The number of rotatable bonds is 8. The van der Waals surface area contributed by atoms with E-state index in [9.17, 15) is 19.5 Å². The van der Waals surface area contributed by atoms with Crippen molar-refractivity contribution < 1.29 is 24.6 Å². The topological polar surface area (TPSA) is 145 Å². The maximum absolute atomic E-state index is 12.2. The molecule has 30 heavy (non-hydrogen) atoms. The number of nitrogens with one attached hydrogen (secondary N) is 2. The summed E-state index contributed by atoms with van der Waals surface area (Å²) < 4.78 is 0. The van der Waals surface area contributed by atoms with Gasteiger partial charge in [0.05, 0.1) is 12.5 Å². The number of carboxylic acids is 1. The Balaban J connectivity index is 0.000000325. The van der Waals surface area contributed by atoms with Crippen molar-refractivity contribution in [3.8, 4) is 12.3 Å². The van der Waals surface area contributed by atoms with Gasteiger partial charge in [-0.05, 0) is 24.1 Å². The van der Waals surface area contributed by atoms with Gasteiger partial charge in [0.2, 0.25) is 12.3 Å². The molecule has 9 heteroatoms. The van der Waals surface area contributed by atoms with E-state index in [0.717, 1.165) is 11.1 Å². The van der Waals surface area contributed by atoms with Crippen molar-refractivity contribution in [1.29, 1.82) is 0 Å². The number of aliphatic hydroxyl groups is 1. The van der Waals surface area contributed by atoms with Gasteiger partial charge in [0.15, 0.2) is 0 Å². The van der Waals surface area contributed by atoms with Crippen molar-refractivity contribution in [1.82, 2.24) is 15.6 Å². The molecule has 0 bridgehead atoms. The minimum absolute atomic E-state index is 0.163. The highest BCUT2D eigenvalue weighted by Gasteiger charge is 2.40. The molecule has 2 rings (SSSR count). The van der Waals surface area contributed by atoms with Crippen LogP contribution in [-0.4, -0.2) is 58.6 Å². The molecule has 6 N–H and O–H groups in total. The predicted molar refractivity (Wildman–Crippen MR) is 112 cm³/mol. The van der Waals surface area contributed by atoms with E-state index in [2.05, 4.69) is 16.7 Å². The Morgan fingerprint density at radius 2 is 2.03 bits per heavy atom. The fourth-order valence-electron chi connectivity index (χ4n) is 3.13. The average molecular weight is 418 g/mol. The minimum Gasteiger partial charge on any atom is -0.481 e. The summed E-state index contributed by atoms with van der Waals surface area (Å²) in [6.45, 7) is 4.65. The van der Waals surface area contributed by atoms with E-state index < -0.39 is 23.5 Å². The van der Waals surface area contributed by atoms with E-state index in [0.29, 0.717) is 25.9 Å². The van der Waals surface area contributed by atoms with Crippen molar-refractivity contribution >= 4 is 18.3 Å². The Bertz CT molecular complexity index is 758. The molecule has 0 aliphatic carbocycles. The van der Waals surface area contributed by atoms with Crippen molar-refractivity contribution in [3.63, 3.8) is 0 Å². The molecule has 2 amide bonds. The van der Waals surface area contributed by atoms with E-state index in [1.165, 1.54) is 4.90 Å². The lowest BCUT2D eigenvalue weighted by Crippen LogP contribution is -2.56. The van der Waals surface area contributed by atoms with Gasteiger partial charge in [0.1, 0.15) is 6.04 Å². The number of hydrazine groups is 1. The van der Waals surface area contributed by atoms with Gasteiger partial charge in [-0.15, -0.1) is 6.42 Å². The maximum Gasteiger partial charge on any atom is 0.303 e. The molecule has 2 unspecified atom stereocenters. The Morgan fingerprint density at radius 3 is 2.47 bits per heavy atom. The normalized spacial score (nSPS) is 16.6. The molecular formula is C21H30N4O5. The van der Waals surface area contributed by atoms with Crippen LogP contribution < -0.4 is 16.6 Å². The van der Waals surface area contributed by atoms with Gasteiger partial charge in [-0.25, -0.2) is 5.43 Å². The van der Waals surface area contributed by atoms with Gasteiger partial charge >= 0.3 is 5.97 Å². The Hall–Kier alpha value is -2.93. The lowest BCUT2D eigenvalue weighted by atomic mass is 9.80. The lowest BCUT2D eigenvalue weighted by molar-refractivity contribution is -0.142. The van der Waals surface area contributed by atoms with Crippen LogP contribution in [0.3, 0.4) is 0 Å². The summed E-state index contributed by atoms with van der Waals surface area (Å²) in [6, 6.07) is 6.71. The Labute approximate surface area is 176 Å². The lowest BCUT2D eigenvalue weighted by Gasteiger charge is -2.34. The second-order valence-electron chi connectivity index (χ2n) is 7.73. The van der Waals surface area contributed by atoms with Crippen LogP contribution >= 0.6 is 0 Å². The molecular weight excluding hydrogens is 388 g/mol. The molecule has 9 nitrogen and oxygen atoms in total. The highest BCUT2D eigenvalue weighted by molar-refractivity contribution is 5.84. The molecule has 1 aliphatic heterocycles. The number of amides is 2. The van der Waals surface area contributed by atoms with Gasteiger partial charge in [-0.1, -0.05) is 31.9 Å². The third kappa shape index (κ3) is 7.83. The van der Waals surface area contributed by atoms with Crippen molar-refractivity contribution in [2.45, 2.75) is 45.4 Å². The maximum atomic E-state index is 12.2. The van der Waals surface area contributed by atoms with E-state index in [4.69, 9.17) is 17.4 Å². The first kappa shape index (κ1) is 25.1. The number of β-amino-alcohol motifs (C(OH)–C–C–N with tert-alkyl or cyclic N) is 1. The average Bonchev–Trinajstić information content (AvgIpc) is 3.13. The molecule has 1 fully saturated rings. The second kappa shape index (κ2) is 11.9. The summed E-state index contributed by atoms with van der Waals surface area (Å²) in [6.07, 6.45) is 5.73.